The summed E-state index contributed by atoms with van der Waals surface area (Å²) in [6.07, 6.45) is 5.53. The zero-order valence-corrected chi connectivity index (χ0v) is 7.96. The summed E-state index contributed by atoms with van der Waals surface area (Å²) in [7, 11) is 0. The Hall–Kier alpha value is -0.770. The monoisotopic (exact) mass is 197 g/mol. The van der Waals surface area contributed by atoms with Crippen LogP contribution in [0.3, 0.4) is 0 Å². The van der Waals surface area contributed by atoms with Gasteiger partial charge in [-0.3, -0.25) is 9.79 Å². The van der Waals surface area contributed by atoms with Gasteiger partial charge in [-0.05, 0) is 29.7 Å². The molecule has 0 amide bonds. The topological polar surface area (TPSA) is 49.7 Å². The molecule has 0 aromatic carbocycles. The van der Waals surface area contributed by atoms with E-state index in [4.69, 9.17) is 5.11 Å². The van der Waals surface area contributed by atoms with Gasteiger partial charge in [-0.2, -0.15) is 0 Å². The fourth-order valence-electron chi connectivity index (χ4n) is 1.70. The zero-order valence-electron chi connectivity index (χ0n) is 7.14. The van der Waals surface area contributed by atoms with Crippen molar-refractivity contribution < 1.29 is 9.90 Å². The van der Waals surface area contributed by atoms with Crippen LogP contribution in [0.25, 0.3) is 0 Å². The van der Waals surface area contributed by atoms with Crippen LogP contribution in [0, 0.1) is 5.92 Å². The normalized spacial score (nSPS) is 32.2. The molecule has 0 spiro atoms. The number of fused-ring (bicyclic) bond motifs is 1. The summed E-state index contributed by atoms with van der Waals surface area (Å²) in [6.45, 7) is 0.831. The molecule has 1 N–H and O–H groups in total. The minimum absolute atomic E-state index is 0.234. The van der Waals surface area contributed by atoms with E-state index >= 15 is 0 Å². The number of nitrogens with zero attached hydrogens (tertiary/aromatic N) is 1. The molecule has 2 aliphatic rings. The van der Waals surface area contributed by atoms with Gasteiger partial charge in [0.05, 0.1) is 0 Å². The van der Waals surface area contributed by atoms with E-state index < -0.39 is 5.97 Å². The van der Waals surface area contributed by atoms with Gasteiger partial charge in [0.25, 0.3) is 0 Å². The van der Waals surface area contributed by atoms with Gasteiger partial charge in [-0.15, -0.1) is 11.8 Å². The van der Waals surface area contributed by atoms with Crippen LogP contribution in [0.5, 0.6) is 0 Å². The van der Waals surface area contributed by atoms with Crippen LogP contribution in [-0.4, -0.2) is 29.1 Å². The van der Waals surface area contributed by atoms with Crippen LogP contribution >= 0.6 is 11.8 Å². The van der Waals surface area contributed by atoms with Crippen LogP contribution in [0.2, 0.25) is 0 Å². The van der Waals surface area contributed by atoms with E-state index in [-0.39, 0.29) is 5.25 Å². The Kier molecular flexibility index (Phi) is 2.40. The Morgan fingerprint density at radius 1 is 1.69 bits per heavy atom. The standard InChI is InChI=1S/C9H11NO2S/c11-9(12)8-5-6-1-3-10-4-2-7(6)13-8/h2,4,6,8H,1,3,5H2,(H,11,12). The molecule has 13 heavy (non-hydrogen) atoms. The van der Waals surface area contributed by atoms with Crippen LogP contribution in [0.15, 0.2) is 16.0 Å². The van der Waals surface area contributed by atoms with Crippen molar-refractivity contribution in [2.45, 2.75) is 18.1 Å². The zero-order chi connectivity index (χ0) is 9.26. The highest BCUT2D eigenvalue weighted by molar-refractivity contribution is 8.04. The highest BCUT2D eigenvalue weighted by atomic mass is 32.2. The summed E-state index contributed by atoms with van der Waals surface area (Å²) in [5.74, 6) is -0.246. The number of aliphatic carboxylic acids is 1. The first-order valence-electron chi connectivity index (χ1n) is 4.37. The molecule has 4 heteroatoms. The molecule has 2 rings (SSSR count). The third kappa shape index (κ3) is 1.77. The maximum Gasteiger partial charge on any atom is 0.316 e. The quantitative estimate of drug-likeness (QED) is 0.694. The third-order valence-electron chi connectivity index (χ3n) is 2.41. The summed E-state index contributed by atoms with van der Waals surface area (Å²) in [4.78, 5) is 16.1. The van der Waals surface area contributed by atoms with E-state index in [1.165, 1.54) is 16.7 Å². The summed E-state index contributed by atoms with van der Waals surface area (Å²) in [5, 5.41) is 8.62. The lowest BCUT2D eigenvalue weighted by Crippen LogP contribution is -2.13. The van der Waals surface area contributed by atoms with Crippen LogP contribution in [0.4, 0.5) is 0 Å². The van der Waals surface area contributed by atoms with Gasteiger partial charge >= 0.3 is 5.97 Å². The van der Waals surface area contributed by atoms with Crippen LogP contribution in [0.1, 0.15) is 12.8 Å². The maximum absolute atomic E-state index is 10.7. The molecule has 0 bridgehead atoms. The Morgan fingerprint density at radius 3 is 3.31 bits per heavy atom. The molecule has 0 aliphatic carbocycles. The molecule has 0 saturated carbocycles. The van der Waals surface area contributed by atoms with Gasteiger partial charge < -0.3 is 5.11 Å². The lowest BCUT2D eigenvalue weighted by Gasteiger charge is -2.05. The van der Waals surface area contributed by atoms with Gasteiger partial charge in [0, 0.05) is 12.8 Å². The molecule has 0 radical (unpaired) electrons. The van der Waals surface area contributed by atoms with E-state index in [0.717, 1.165) is 19.4 Å². The van der Waals surface area contributed by atoms with Crippen molar-refractivity contribution in [3.63, 3.8) is 0 Å². The largest absolute Gasteiger partial charge is 0.480 e. The van der Waals surface area contributed by atoms with Gasteiger partial charge in [0.1, 0.15) is 5.25 Å². The van der Waals surface area contributed by atoms with Crippen molar-refractivity contribution in [3.8, 4) is 0 Å². The van der Waals surface area contributed by atoms with Crippen molar-refractivity contribution in [1.82, 2.24) is 0 Å². The number of aliphatic imine (C=N–C) groups is 1. The summed E-state index contributed by atoms with van der Waals surface area (Å²) < 4.78 is 0. The van der Waals surface area contributed by atoms with Crippen molar-refractivity contribution in [2.75, 3.05) is 6.54 Å². The van der Waals surface area contributed by atoms with E-state index in [2.05, 4.69) is 4.99 Å². The molecule has 1 saturated heterocycles. The van der Waals surface area contributed by atoms with E-state index in [0.29, 0.717) is 5.92 Å². The van der Waals surface area contributed by atoms with Crippen molar-refractivity contribution in [3.05, 3.63) is 11.0 Å². The van der Waals surface area contributed by atoms with E-state index in [1.807, 2.05) is 6.08 Å². The molecule has 2 unspecified atom stereocenters. The molecule has 2 atom stereocenters. The number of carbonyl (C=O) groups is 1. The predicted molar refractivity (Wildman–Crippen MR) is 53.2 cm³/mol. The fourth-order valence-corrected chi connectivity index (χ4v) is 3.00. The van der Waals surface area contributed by atoms with Gasteiger partial charge in [0.2, 0.25) is 0 Å². The molecular formula is C9H11NO2S. The van der Waals surface area contributed by atoms with Crippen molar-refractivity contribution in [1.29, 1.82) is 0 Å². The molecule has 70 valence electrons. The Bertz CT molecular complexity index is 285. The number of rotatable bonds is 1. The number of carboxylic acid groups (broad SMARTS) is 1. The second kappa shape index (κ2) is 3.54. The SMILES string of the molecule is O=C(O)C1CC2CCN=CC=C2S1. The predicted octanol–water partition coefficient (Wildman–Crippen LogP) is 1.55. The third-order valence-corrected chi connectivity index (χ3v) is 3.83. The summed E-state index contributed by atoms with van der Waals surface area (Å²) >= 11 is 1.49. The fraction of sp³-hybridized carbons (Fsp3) is 0.556. The molecule has 2 aliphatic heterocycles. The summed E-state index contributed by atoms with van der Waals surface area (Å²) in [6, 6.07) is 0. The van der Waals surface area contributed by atoms with Crippen molar-refractivity contribution in [2.24, 2.45) is 10.9 Å². The average Bonchev–Trinajstić information content (AvgIpc) is 2.38. The molecule has 2 heterocycles. The average molecular weight is 197 g/mol. The minimum Gasteiger partial charge on any atom is -0.480 e. The van der Waals surface area contributed by atoms with Crippen LogP contribution in [-0.2, 0) is 4.79 Å². The second-order valence-electron chi connectivity index (χ2n) is 3.29. The van der Waals surface area contributed by atoms with Crippen LogP contribution < -0.4 is 0 Å². The van der Waals surface area contributed by atoms with E-state index in [1.54, 1.807) is 6.21 Å². The molecular weight excluding hydrogens is 186 g/mol. The number of thioether (sulfide) groups is 1. The van der Waals surface area contributed by atoms with Gasteiger partial charge in [0.15, 0.2) is 0 Å². The number of hydrogen-bond donors (Lipinski definition) is 1. The smallest absolute Gasteiger partial charge is 0.316 e. The summed E-state index contributed by atoms with van der Waals surface area (Å²) in [5.41, 5.74) is 0. The van der Waals surface area contributed by atoms with Crippen molar-refractivity contribution >= 4 is 23.9 Å². The highest BCUT2D eigenvalue weighted by Gasteiger charge is 2.34. The molecule has 1 fully saturated rings. The number of allylic oxidation sites excluding steroid dienone is 2. The Morgan fingerprint density at radius 2 is 2.54 bits per heavy atom. The molecule has 3 nitrogen and oxygen atoms in total. The number of hydrogen-bond acceptors (Lipinski definition) is 3. The Balaban J connectivity index is 2.13. The Labute approximate surface area is 80.9 Å². The molecule has 0 aromatic heterocycles. The van der Waals surface area contributed by atoms with Gasteiger partial charge in [-0.25, -0.2) is 0 Å². The maximum atomic E-state index is 10.7. The lowest BCUT2D eigenvalue weighted by atomic mass is 9.99. The van der Waals surface area contributed by atoms with Gasteiger partial charge in [-0.1, -0.05) is 0 Å². The first kappa shape index (κ1) is 8.81. The first-order valence-corrected chi connectivity index (χ1v) is 5.25. The minimum atomic E-state index is -0.684. The lowest BCUT2D eigenvalue weighted by molar-refractivity contribution is -0.136. The van der Waals surface area contributed by atoms with E-state index in [9.17, 15) is 4.79 Å². The highest BCUT2D eigenvalue weighted by Crippen LogP contribution is 2.43. The number of carboxylic acids is 1. The molecule has 0 aromatic rings. The first-order chi connectivity index (χ1) is 6.27. The second-order valence-corrected chi connectivity index (χ2v) is 4.57.